The van der Waals surface area contributed by atoms with Crippen molar-refractivity contribution in [1.82, 2.24) is 5.32 Å². The number of phenolic OH excluding ortho intramolecular Hbond substituents is 1. The summed E-state index contributed by atoms with van der Waals surface area (Å²) < 4.78 is 4.92. The molecule has 5 nitrogen and oxygen atoms in total. The maximum atomic E-state index is 11.0. The van der Waals surface area contributed by atoms with Crippen molar-refractivity contribution >= 4 is 5.91 Å². The molecule has 1 amide bonds. The van der Waals surface area contributed by atoms with Gasteiger partial charge in [0.25, 0.3) is 0 Å². The van der Waals surface area contributed by atoms with E-state index in [1.807, 2.05) is 6.07 Å². The van der Waals surface area contributed by atoms with Gasteiger partial charge in [0.1, 0.15) is 6.42 Å². The van der Waals surface area contributed by atoms with Crippen LogP contribution < -0.4 is 10.1 Å². The molecule has 0 aromatic heterocycles. The Morgan fingerprint density at radius 1 is 1.59 bits per heavy atom. The van der Waals surface area contributed by atoms with Crippen LogP contribution in [0.5, 0.6) is 11.5 Å². The van der Waals surface area contributed by atoms with E-state index in [1.165, 1.54) is 7.11 Å². The lowest BCUT2D eigenvalue weighted by Crippen LogP contribution is -2.24. The molecule has 0 aliphatic carbocycles. The number of ether oxygens (including phenoxy) is 1. The molecule has 0 aliphatic heterocycles. The van der Waals surface area contributed by atoms with Crippen LogP contribution in [0.25, 0.3) is 0 Å². The first-order valence-electron chi connectivity index (χ1n) is 5.17. The first-order chi connectivity index (χ1) is 8.17. The largest absolute Gasteiger partial charge is 0.504 e. The van der Waals surface area contributed by atoms with Gasteiger partial charge in [0.15, 0.2) is 11.5 Å². The Hall–Kier alpha value is -2.22. The summed E-state index contributed by atoms with van der Waals surface area (Å²) in [6.07, 6.45) is 0.461. The van der Waals surface area contributed by atoms with Crippen molar-refractivity contribution in [2.75, 3.05) is 13.7 Å². The first-order valence-corrected chi connectivity index (χ1v) is 5.17. The van der Waals surface area contributed by atoms with Crippen LogP contribution >= 0.6 is 0 Å². The number of benzene rings is 1. The monoisotopic (exact) mass is 234 g/mol. The molecule has 0 heterocycles. The SMILES string of the molecule is COc1ccc(CCNC(=O)CC#N)cc1O. The highest BCUT2D eigenvalue weighted by Gasteiger charge is 2.03. The van der Waals surface area contributed by atoms with Gasteiger partial charge in [-0.15, -0.1) is 0 Å². The number of hydrogen-bond donors (Lipinski definition) is 2. The number of carbonyl (C=O) groups excluding carboxylic acids is 1. The van der Waals surface area contributed by atoms with Crippen LogP contribution in [0.3, 0.4) is 0 Å². The molecule has 17 heavy (non-hydrogen) atoms. The Morgan fingerprint density at radius 3 is 2.94 bits per heavy atom. The van der Waals surface area contributed by atoms with Crippen molar-refractivity contribution in [3.63, 3.8) is 0 Å². The lowest BCUT2D eigenvalue weighted by molar-refractivity contribution is -0.120. The van der Waals surface area contributed by atoms with E-state index in [0.717, 1.165) is 5.56 Å². The van der Waals surface area contributed by atoms with Gasteiger partial charge in [-0.1, -0.05) is 6.07 Å². The molecule has 0 unspecified atom stereocenters. The molecule has 0 saturated heterocycles. The van der Waals surface area contributed by atoms with E-state index in [-0.39, 0.29) is 18.1 Å². The van der Waals surface area contributed by atoms with Crippen LogP contribution in [0.1, 0.15) is 12.0 Å². The molecule has 0 bridgehead atoms. The molecule has 0 radical (unpaired) electrons. The topological polar surface area (TPSA) is 82.3 Å². The Kier molecular flexibility index (Phi) is 4.82. The molecular weight excluding hydrogens is 220 g/mol. The molecule has 1 aromatic carbocycles. The zero-order valence-corrected chi connectivity index (χ0v) is 9.56. The number of phenols is 1. The number of nitrogens with zero attached hydrogens (tertiary/aromatic N) is 1. The number of carbonyl (C=O) groups is 1. The fourth-order valence-electron chi connectivity index (χ4n) is 1.37. The summed E-state index contributed by atoms with van der Waals surface area (Å²) in [6.45, 7) is 0.437. The highest BCUT2D eigenvalue weighted by molar-refractivity contribution is 5.77. The second kappa shape index (κ2) is 6.38. The molecule has 0 saturated carbocycles. The average molecular weight is 234 g/mol. The second-order valence-corrected chi connectivity index (χ2v) is 3.44. The Bertz CT molecular complexity index is 438. The standard InChI is InChI=1S/C12H14N2O3/c1-17-11-3-2-9(8-10(11)15)5-7-14-12(16)4-6-13/h2-3,8,15H,4-5,7H2,1H3,(H,14,16). The number of methoxy groups -OCH3 is 1. The second-order valence-electron chi connectivity index (χ2n) is 3.44. The van der Waals surface area contributed by atoms with Crippen molar-refractivity contribution in [3.05, 3.63) is 23.8 Å². The molecule has 0 aliphatic rings. The first kappa shape index (κ1) is 12.8. The summed E-state index contributed by atoms with van der Waals surface area (Å²) in [6, 6.07) is 6.85. The highest BCUT2D eigenvalue weighted by atomic mass is 16.5. The van der Waals surface area contributed by atoms with Gasteiger partial charge in [-0.25, -0.2) is 0 Å². The number of aromatic hydroxyl groups is 1. The summed E-state index contributed by atoms with van der Waals surface area (Å²) in [5, 5.41) is 20.4. The summed E-state index contributed by atoms with van der Waals surface area (Å²) in [5.74, 6) is 0.209. The van der Waals surface area contributed by atoms with Gasteiger partial charge in [0, 0.05) is 6.54 Å². The van der Waals surface area contributed by atoms with Crippen molar-refractivity contribution in [2.24, 2.45) is 0 Å². The minimum atomic E-state index is -0.287. The lowest BCUT2D eigenvalue weighted by Gasteiger charge is -2.06. The van der Waals surface area contributed by atoms with Gasteiger partial charge >= 0.3 is 0 Å². The van der Waals surface area contributed by atoms with Gasteiger partial charge in [-0.3, -0.25) is 4.79 Å². The predicted molar refractivity (Wildman–Crippen MR) is 61.6 cm³/mol. The normalized spacial score (nSPS) is 9.41. The molecule has 5 heteroatoms. The van der Waals surface area contributed by atoms with E-state index in [1.54, 1.807) is 18.2 Å². The van der Waals surface area contributed by atoms with Crippen LogP contribution in [0.15, 0.2) is 18.2 Å². The van der Waals surface area contributed by atoms with Crippen LogP contribution in [0.2, 0.25) is 0 Å². The van der Waals surface area contributed by atoms with Crippen molar-refractivity contribution < 1.29 is 14.6 Å². The number of nitriles is 1. The van der Waals surface area contributed by atoms with E-state index in [4.69, 9.17) is 10.00 Å². The summed E-state index contributed by atoms with van der Waals surface area (Å²) in [5.41, 5.74) is 0.889. The molecule has 2 N–H and O–H groups in total. The third-order valence-electron chi connectivity index (χ3n) is 2.22. The Morgan fingerprint density at radius 2 is 2.35 bits per heavy atom. The number of hydrogen-bond acceptors (Lipinski definition) is 4. The van der Waals surface area contributed by atoms with E-state index < -0.39 is 0 Å². The van der Waals surface area contributed by atoms with E-state index >= 15 is 0 Å². The van der Waals surface area contributed by atoms with Crippen molar-refractivity contribution in [1.29, 1.82) is 5.26 Å². The van der Waals surface area contributed by atoms with Crippen LogP contribution in [-0.2, 0) is 11.2 Å². The maximum Gasteiger partial charge on any atom is 0.234 e. The summed E-state index contributed by atoms with van der Waals surface area (Å²) >= 11 is 0. The minimum Gasteiger partial charge on any atom is -0.504 e. The van der Waals surface area contributed by atoms with Crippen molar-refractivity contribution in [3.8, 4) is 17.6 Å². The third-order valence-corrected chi connectivity index (χ3v) is 2.22. The van der Waals surface area contributed by atoms with Gasteiger partial charge < -0.3 is 15.2 Å². The van der Waals surface area contributed by atoms with Crippen LogP contribution in [-0.4, -0.2) is 24.7 Å². The predicted octanol–water partition coefficient (Wildman–Crippen LogP) is 0.973. The molecule has 90 valence electrons. The average Bonchev–Trinajstić information content (AvgIpc) is 2.29. The van der Waals surface area contributed by atoms with E-state index in [0.29, 0.717) is 18.7 Å². The molecular formula is C12H14N2O3. The fourth-order valence-corrected chi connectivity index (χ4v) is 1.37. The quantitative estimate of drug-likeness (QED) is 0.795. The third kappa shape index (κ3) is 4.03. The fraction of sp³-hybridized carbons (Fsp3) is 0.333. The minimum absolute atomic E-state index is 0.0772. The summed E-state index contributed by atoms with van der Waals surface area (Å²) in [4.78, 5) is 11.0. The molecule has 0 fully saturated rings. The smallest absolute Gasteiger partial charge is 0.234 e. The van der Waals surface area contributed by atoms with Gasteiger partial charge in [0.05, 0.1) is 13.2 Å². The molecule has 0 spiro atoms. The Labute approximate surface area is 99.6 Å². The summed E-state index contributed by atoms with van der Waals surface area (Å²) in [7, 11) is 1.48. The maximum absolute atomic E-state index is 11.0. The van der Waals surface area contributed by atoms with Gasteiger partial charge in [-0.05, 0) is 24.1 Å². The lowest BCUT2D eigenvalue weighted by atomic mass is 10.1. The van der Waals surface area contributed by atoms with E-state index in [2.05, 4.69) is 5.32 Å². The van der Waals surface area contributed by atoms with E-state index in [9.17, 15) is 9.90 Å². The highest BCUT2D eigenvalue weighted by Crippen LogP contribution is 2.26. The van der Waals surface area contributed by atoms with Crippen LogP contribution in [0.4, 0.5) is 0 Å². The van der Waals surface area contributed by atoms with Gasteiger partial charge in [-0.2, -0.15) is 5.26 Å². The van der Waals surface area contributed by atoms with Gasteiger partial charge in [0.2, 0.25) is 5.91 Å². The number of nitrogens with one attached hydrogen (secondary N) is 1. The van der Waals surface area contributed by atoms with Crippen LogP contribution in [0, 0.1) is 11.3 Å². The molecule has 1 rings (SSSR count). The van der Waals surface area contributed by atoms with Crippen molar-refractivity contribution in [2.45, 2.75) is 12.8 Å². The number of rotatable bonds is 5. The molecule has 1 aromatic rings. The zero-order valence-electron chi connectivity index (χ0n) is 9.56. The zero-order chi connectivity index (χ0) is 12.7. The molecule has 0 atom stereocenters. The number of amides is 1. The Balaban J connectivity index is 2.45.